The van der Waals surface area contributed by atoms with Gasteiger partial charge >= 0.3 is 0 Å². The molecule has 168 valence electrons. The Bertz CT molecular complexity index is 1080. The zero-order chi connectivity index (χ0) is 23.0. The van der Waals surface area contributed by atoms with E-state index < -0.39 is 6.04 Å². The van der Waals surface area contributed by atoms with E-state index in [4.69, 9.17) is 0 Å². The predicted octanol–water partition coefficient (Wildman–Crippen LogP) is 2.32. The molecule has 0 aliphatic carbocycles. The van der Waals surface area contributed by atoms with Gasteiger partial charge in [-0.3, -0.25) is 19.4 Å². The molecular weight excluding hydrogens is 418 g/mol. The van der Waals surface area contributed by atoms with Crippen LogP contribution in [0.25, 0.3) is 0 Å². The van der Waals surface area contributed by atoms with Gasteiger partial charge in [-0.15, -0.1) is 0 Å². The molecule has 1 aliphatic rings. The summed E-state index contributed by atoms with van der Waals surface area (Å²) in [5.41, 5.74) is 1.71. The van der Waals surface area contributed by atoms with E-state index in [1.54, 1.807) is 34.1 Å². The smallest absolute Gasteiger partial charge is 0.274 e. The Hall–Kier alpha value is -4.07. The Morgan fingerprint density at radius 2 is 1.48 bits per heavy atom. The van der Waals surface area contributed by atoms with Gasteiger partial charge < -0.3 is 15.1 Å². The van der Waals surface area contributed by atoms with Crippen molar-refractivity contribution in [1.29, 1.82) is 0 Å². The van der Waals surface area contributed by atoms with Gasteiger partial charge in [0.1, 0.15) is 5.69 Å². The van der Waals surface area contributed by atoms with Gasteiger partial charge in [-0.05, 0) is 17.7 Å². The zero-order valence-corrected chi connectivity index (χ0v) is 18.1. The van der Waals surface area contributed by atoms with Crippen molar-refractivity contribution in [2.24, 2.45) is 0 Å². The lowest BCUT2D eigenvalue weighted by Crippen LogP contribution is -2.51. The molecule has 1 unspecified atom stereocenters. The third-order valence-corrected chi connectivity index (χ3v) is 5.62. The van der Waals surface area contributed by atoms with E-state index >= 15 is 0 Å². The van der Waals surface area contributed by atoms with Crippen LogP contribution in [0.2, 0.25) is 0 Å². The molecule has 1 atom stereocenters. The van der Waals surface area contributed by atoms with Crippen molar-refractivity contribution in [3.8, 4) is 0 Å². The normalized spacial score (nSPS) is 14.4. The molecule has 33 heavy (non-hydrogen) atoms. The number of carbonyl (C=O) groups is 3. The van der Waals surface area contributed by atoms with Crippen LogP contribution in [0.4, 0.5) is 0 Å². The molecule has 2 heterocycles. The lowest BCUT2D eigenvalue weighted by Gasteiger charge is -2.35. The first-order valence-electron chi connectivity index (χ1n) is 10.9. The van der Waals surface area contributed by atoms with E-state index in [0.717, 1.165) is 5.56 Å². The van der Waals surface area contributed by atoms with Crippen LogP contribution in [0.5, 0.6) is 0 Å². The average molecular weight is 444 g/mol. The summed E-state index contributed by atoms with van der Waals surface area (Å²) in [6.45, 7) is 1.71. The van der Waals surface area contributed by atoms with Crippen molar-refractivity contribution in [2.75, 3.05) is 26.2 Å². The Labute approximate surface area is 192 Å². The first-order valence-corrected chi connectivity index (χ1v) is 10.9. The second-order valence-corrected chi connectivity index (χ2v) is 7.77. The maximum Gasteiger partial charge on any atom is 0.274 e. The molecule has 0 saturated carbocycles. The summed E-state index contributed by atoms with van der Waals surface area (Å²) in [7, 11) is 0. The van der Waals surface area contributed by atoms with Crippen LogP contribution in [0.1, 0.15) is 38.9 Å². The summed E-state index contributed by atoms with van der Waals surface area (Å²) in [6.07, 6.45) is 4.59. The summed E-state index contributed by atoms with van der Waals surface area (Å²) in [5, 5.41) is 3.00. The molecular formula is C25H25N5O3. The third-order valence-electron chi connectivity index (χ3n) is 5.62. The van der Waals surface area contributed by atoms with Crippen LogP contribution >= 0.6 is 0 Å². The average Bonchev–Trinajstić information content (AvgIpc) is 2.89. The molecule has 2 aromatic carbocycles. The van der Waals surface area contributed by atoms with Gasteiger partial charge in [0, 0.05) is 44.1 Å². The standard InChI is InChI=1S/C25H25N5O3/c31-23(29-13-15-30(16-14-29)25(33)22-18-26-11-12-27-22)17-21(19-7-3-1-4-8-19)28-24(32)20-9-5-2-6-10-20/h1-12,18,21H,13-17H2,(H,28,32). The lowest BCUT2D eigenvalue weighted by molar-refractivity contribution is -0.133. The molecule has 1 aliphatic heterocycles. The highest BCUT2D eigenvalue weighted by Gasteiger charge is 2.28. The number of carbonyl (C=O) groups excluding carboxylic acids is 3. The maximum atomic E-state index is 13.1. The lowest BCUT2D eigenvalue weighted by atomic mass is 10.0. The molecule has 3 amide bonds. The number of nitrogens with one attached hydrogen (secondary N) is 1. The molecule has 3 aromatic rings. The minimum absolute atomic E-state index is 0.0659. The number of nitrogens with zero attached hydrogens (tertiary/aromatic N) is 4. The molecule has 4 rings (SSSR count). The van der Waals surface area contributed by atoms with Crippen LogP contribution in [0.3, 0.4) is 0 Å². The topological polar surface area (TPSA) is 95.5 Å². The van der Waals surface area contributed by atoms with Gasteiger partial charge in [0.25, 0.3) is 11.8 Å². The molecule has 0 bridgehead atoms. The minimum atomic E-state index is -0.453. The Balaban J connectivity index is 1.39. The predicted molar refractivity (Wildman–Crippen MR) is 122 cm³/mol. The monoisotopic (exact) mass is 443 g/mol. The zero-order valence-electron chi connectivity index (χ0n) is 18.1. The van der Waals surface area contributed by atoms with Gasteiger partial charge in [-0.25, -0.2) is 4.98 Å². The van der Waals surface area contributed by atoms with Gasteiger partial charge in [-0.2, -0.15) is 0 Å². The van der Waals surface area contributed by atoms with Crippen molar-refractivity contribution in [1.82, 2.24) is 25.1 Å². The number of aromatic nitrogens is 2. The van der Waals surface area contributed by atoms with Crippen LogP contribution in [0.15, 0.2) is 79.3 Å². The largest absolute Gasteiger partial charge is 0.345 e. The Morgan fingerprint density at radius 1 is 0.848 bits per heavy atom. The SMILES string of the molecule is O=C(NC(CC(=O)N1CCN(C(=O)c2cnccn2)CC1)c1ccccc1)c1ccccc1. The molecule has 1 aromatic heterocycles. The first-order chi connectivity index (χ1) is 16.1. The van der Waals surface area contributed by atoms with E-state index in [0.29, 0.717) is 37.4 Å². The van der Waals surface area contributed by atoms with Gasteiger partial charge in [0.05, 0.1) is 18.7 Å². The van der Waals surface area contributed by atoms with Crippen molar-refractivity contribution >= 4 is 17.7 Å². The highest BCUT2D eigenvalue weighted by atomic mass is 16.2. The molecule has 8 heteroatoms. The number of benzene rings is 2. The van der Waals surface area contributed by atoms with Crippen molar-refractivity contribution in [3.63, 3.8) is 0 Å². The number of amides is 3. The van der Waals surface area contributed by atoms with Gasteiger partial charge in [0.15, 0.2) is 0 Å². The Morgan fingerprint density at radius 3 is 2.12 bits per heavy atom. The van der Waals surface area contributed by atoms with Crippen LogP contribution in [0, 0.1) is 0 Å². The molecule has 8 nitrogen and oxygen atoms in total. The van der Waals surface area contributed by atoms with Gasteiger partial charge in [0.2, 0.25) is 5.91 Å². The fourth-order valence-corrected chi connectivity index (χ4v) is 3.80. The number of piperazine rings is 1. The second kappa shape index (κ2) is 10.5. The highest BCUT2D eigenvalue weighted by molar-refractivity contribution is 5.95. The number of hydrogen-bond donors (Lipinski definition) is 1. The van der Waals surface area contributed by atoms with Gasteiger partial charge in [-0.1, -0.05) is 48.5 Å². The van der Waals surface area contributed by atoms with E-state index in [9.17, 15) is 14.4 Å². The van der Waals surface area contributed by atoms with Crippen molar-refractivity contribution in [3.05, 3.63) is 96.1 Å². The van der Waals surface area contributed by atoms with E-state index in [2.05, 4.69) is 15.3 Å². The summed E-state index contributed by atoms with van der Waals surface area (Å²) in [6, 6.07) is 18.0. The molecule has 0 radical (unpaired) electrons. The number of rotatable bonds is 6. The summed E-state index contributed by atoms with van der Waals surface area (Å²) in [5.74, 6) is -0.479. The minimum Gasteiger partial charge on any atom is -0.345 e. The molecule has 1 fully saturated rings. The first kappa shape index (κ1) is 22.1. The summed E-state index contributed by atoms with van der Waals surface area (Å²) < 4.78 is 0. The summed E-state index contributed by atoms with van der Waals surface area (Å²) >= 11 is 0. The van der Waals surface area contributed by atoms with E-state index in [1.807, 2.05) is 36.4 Å². The van der Waals surface area contributed by atoms with Crippen LogP contribution in [-0.2, 0) is 4.79 Å². The van der Waals surface area contributed by atoms with E-state index in [1.165, 1.54) is 18.6 Å². The third kappa shape index (κ3) is 5.60. The van der Waals surface area contributed by atoms with Crippen LogP contribution in [-0.4, -0.2) is 63.7 Å². The molecule has 1 N–H and O–H groups in total. The van der Waals surface area contributed by atoms with Crippen molar-refractivity contribution in [2.45, 2.75) is 12.5 Å². The second-order valence-electron chi connectivity index (χ2n) is 7.77. The highest BCUT2D eigenvalue weighted by Crippen LogP contribution is 2.20. The van der Waals surface area contributed by atoms with Crippen molar-refractivity contribution < 1.29 is 14.4 Å². The quantitative estimate of drug-likeness (QED) is 0.631. The van der Waals surface area contributed by atoms with Crippen LogP contribution < -0.4 is 5.32 Å². The fourth-order valence-electron chi connectivity index (χ4n) is 3.80. The fraction of sp³-hybridized carbons (Fsp3) is 0.240. The number of hydrogen-bond acceptors (Lipinski definition) is 5. The summed E-state index contributed by atoms with van der Waals surface area (Å²) in [4.78, 5) is 49.8. The molecule has 1 saturated heterocycles. The van der Waals surface area contributed by atoms with E-state index in [-0.39, 0.29) is 24.1 Å². The Kier molecular flexibility index (Phi) is 7.04. The maximum absolute atomic E-state index is 13.1. The molecule has 0 spiro atoms.